The molecule has 2 fully saturated rings. The molecule has 6 heteroatoms. The first kappa shape index (κ1) is 15.9. The van der Waals surface area contributed by atoms with Gasteiger partial charge < -0.3 is 9.26 Å². The van der Waals surface area contributed by atoms with E-state index < -0.39 is 0 Å². The van der Waals surface area contributed by atoms with E-state index in [1.807, 2.05) is 6.92 Å². The first-order chi connectivity index (χ1) is 10.7. The number of ether oxygens (including phenoxy) is 1. The monoisotopic (exact) mass is 308 g/mol. The summed E-state index contributed by atoms with van der Waals surface area (Å²) >= 11 is 0. The van der Waals surface area contributed by atoms with E-state index in [1.165, 1.54) is 12.8 Å². The van der Waals surface area contributed by atoms with Crippen LogP contribution in [-0.4, -0.2) is 65.4 Å². The zero-order chi connectivity index (χ0) is 15.5. The topological polar surface area (TPSA) is 54.6 Å². The summed E-state index contributed by atoms with van der Waals surface area (Å²) in [4.78, 5) is 9.55. The molecule has 1 aliphatic carbocycles. The average Bonchev–Trinajstić information content (AvgIpc) is 3.26. The third-order valence-electron chi connectivity index (χ3n) is 4.83. The first-order valence-corrected chi connectivity index (χ1v) is 8.58. The van der Waals surface area contributed by atoms with Gasteiger partial charge in [0.25, 0.3) is 0 Å². The summed E-state index contributed by atoms with van der Waals surface area (Å²) in [7, 11) is 0. The van der Waals surface area contributed by atoms with Crippen molar-refractivity contribution in [2.45, 2.75) is 51.6 Å². The Labute approximate surface area is 132 Å². The van der Waals surface area contributed by atoms with Crippen LogP contribution in [0.15, 0.2) is 4.52 Å². The van der Waals surface area contributed by atoms with Crippen molar-refractivity contribution in [1.82, 2.24) is 19.9 Å². The number of aromatic nitrogens is 2. The molecule has 1 saturated carbocycles. The number of hydrogen-bond acceptors (Lipinski definition) is 6. The average molecular weight is 308 g/mol. The summed E-state index contributed by atoms with van der Waals surface area (Å²) in [5, 5.41) is 4.14. The molecule has 6 nitrogen and oxygen atoms in total. The maximum absolute atomic E-state index is 5.49. The fourth-order valence-electron chi connectivity index (χ4n) is 3.11. The molecule has 22 heavy (non-hydrogen) atoms. The highest BCUT2D eigenvalue weighted by Crippen LogP contribution is 2.38. The van der Waals surface area contributed by atoms with Gasteiger partial charge in [0.15, 0.2) is 5.82 Å². The van der Waals surface area contributed by atoms with Crippen molar-refractivity contribution in [2.24, 2.45) is 0 Å². The third kappa shape index (κ3) is 3.67. The Morgan fingerprint density at radius 3 is 2.86 bits per heavy atom. The molecular formula is C16H28N4O2. The summed E-state index contributed by atoms with van der Waals surface area (Å²) in [6, 6.07) is 0.735. The van der Waals surface area contributed by atoms with Crippen LogP contribution in [-0.2, 0) is 4.74 Å². The van der Waals surface area contributed by atoms with E-state index in [-0.39, 0.29) is 6.04 Å². The van der Waals surface area contributed by atoms with Gasteiger partial charge in [0.1, 0.15) is 0 Å². The minimum absolute atomic E-state index is 0.205. The highest BCUT2D eigenvalue weighted by atomic mass is 16.5. The van der Waals surface area contributed by atoms with Gasteiger partial charge >= 0.3 is 0 Å². The summed E-state index contributed by atoms with van der Waals surface area (Å²) < 4.78 is 11.0. The van der Waals surface area contributed by atoms with E-state index in [1.54, 1.807) is 0 Å². The second-order valence-corrected chi connectivity index (χ2v) is 6.52. The second-order valence-electron chi connectivity index (χ2n) is 6.52. The molecule has 1 aliphatic heterocycles. The van der Waals surface area contributed by atoms with E-state index >= 15 is 0 Å². The van der Waals surface area contributed by atoms with Crippen LogP contribution < -0.4 is 0 Å². The minimum Gasteiger partial charge on any atom is -0.380 e. The molecule has 0 amide bonds. The predicted octanol–water partition coefficient (Wildman–Crippen LogP) is 2.05. The van der Waals surface area contributed by atoms with Gasteiger partial charge in [0, 0.05) is 44.7 Å². The van der Waals surface area contributed by atoms with Crippen LogP contribution in [0.25, 0.3) is 0 Å². The SMILES string of the molecule is CCOCCN1CCN([C@@H](C)c2nc(C3CC3)no2)C[C@@H]1C. The maximum Gasteiger partial charge on any atom is 0.243 e. The van der Waals surface area contributed by atoms with Crippen molar-refractivity contribution in [2.75, 3.05) is 39.4 Å². The zero-order valence-electron chi connectivity index (χ0n) is 14.0. The van der Waals surface area contributed by atoms with Crippen molar-refractivity contribution >= 4 is 0 Å². The molecule has 0 radical (unpaired) electrons. The molecule has 1 saturated heterocycles. The van der Waals surface area contributed by atoms with Gasteiger partial charge in [-0.25, -0.2) is 0 Å². The molecule has 124 valence electrons. The fourth-order valence-corrected chi connectivity index (χ4v) is 3.11. The molecule has 0 aromatic carbocycles. The molecule has 0 unspecified atom stereocenters. The van der Waals surface area contributed by atoms with Gasteiger partial charge in [-0.15, -0.1) is 0 Å². The van der Waals surface area contributed by atoms with Crippen LogP contribution in [0.1, 0.15) is 57.3 Å². The molecule has 2 atom stereocenters. The maximum atomic E-state index is 5.49. The number of nitrogens with zero attached hydrogens (tertiary/aromatic N) is 4. The van der Waals surface area contributed by atoms with Gasteiger partial charge in [0.2, 0.25) is 5.89 Å². The van der Waals surface area contributed by atoms with Gasteiger partial charge in [-0.1, -0.05) is 5.16 Å². The normalized spacial score (nSPS) is 25.5. The largest absolute Gasteiger partial charge is 0.380 e. The van der Waals surface area contributed by atoms with E-state index in [2.05, 4.69) is 33.8 Å². The van der Waals surface area contributed by atoms with Gasteiger partial charge in [0.05, 0.1) is 12.6 Å². The molecule has 1 aromatic heterocycles. The quantitative estimate of drug-likeness (QED) is 0.719. The van der Waals surface area contributed by atoms with E-state index in [0.29, 0.717) is 12.0 Å². The number of piperazine rings is 1. The van der Waals surface area contributed by atoms with Crippen LogP contribution in [0.5, 0.6) is 0 Å². The number of rotatable bonds is 7. The van der Waals surface area contributed by atoms with Crippen molar-refractivity contribution in [3.8, 4) is 0 Å². The van der Waals surface area contributed by atoms with Gasteiger partial charge in [-0.05, 0) is 33.6 Å². The number of hydrogen-bond donors (Lipinski definition) is 0. The molecule has 3 rings (SSSR count). The minimum atomic E-state index is 0.205. The predicted molar refractivity (Wildman–Crippen MR) is 83.8 cm³/mol. The van der Waals surface area contributed by atoms with Crippen LogP contribution in [0.4, 0.5) is 0 Å². The lowest BCUT2D eigenvalue weighted by molar-refractivity contribution is 0.0290. The van der Waals surface area contributed by atoms with Crippen molar-refractivity contribution in [3.63, 3.8) is 0 Å². The lowest BCUT2D eigenvalue weighted by Crippen LogP contribution is -2.53. The van der Waals surface area contributed by atoms with Crippen molar-refractivity contribution in [1.29, 1.82) is 0 Å². The lowest BCUT2D eigenvalue weighted by Gasteiger charge is -2.41. The van der Waals surface area contributed by atoms with Crippen LogP contribution >= 0.6 is 0 Å². The Bertz CT molecular complexity index is 474. The molecule has 1 aromatic rings. The molecule has 2 heterocycles. The Morgan fingerprint density at radius 2 is 2.18 bits per heavy atom. The van der Waals surface area contributed by atoms with E-state index in [0.717, 1.165) is 51.1 Å². The first-order valence-electron chi connectivity index (χ1n) is 8.58. The summed E-state index contributed by atoms with van der Waals surface area (Å²) in [6.07, 6.45) is 2.42. The Kier molecular flexibility index (Phi) is 5.10. The smallest absolute Gasteiger partial charge is 0.243 e. The molecule has 2 aliphatic rings. The Balaban J connectivity index is 1.52. The zero-order valence-corrected chi connectivity index (χ0v) is 14.0. The highest BCUT2D eigenvalue weighted by Gasteiger charge is 2.32. The lowest BCUT2D eigenvalue weighted by atomic mass is 10.1. The Morgan fingerprint density at radius 1 is 1.36 bits per heavy atom. The van der Waals surface area contributed by atoms with Gasteiger partial charge in [-0.2, -0.15) is 4.98 Å². The van der Waals surface area contributed by atoms with Gasteiger partial charge in [-0.3, -0.25) is 9.80 Å². The van der Waals surface area contributed by atoms with Crippen LogP contribution in [0.2, 0.25) is 0 Å². The Hall–Kier alpha value is -0.980. The van der Waals surface area contributed by atoms with E-state index in [4.69, 9.17) is 9.26 Å². The molecule has 0 N–H and O–H groups in total. The van der Waals surface area contributed by atoms with Crippen molar-refractivity contribution in [3.05, 3.63) is 11.7 Å². The molecule has 0 spiro atoms. The molecule has 0 bridgehead atoms. The standard InChI is InChI=1S/C16H28N4O2/c1-4-21-10-9-19-7-8-20(11-12(19)2)13(3)16-17-15(18-22-16)14-5-6-14/h12-14H,4-11H2,1-3H3/t12-,13-/m0/s1. The van der Waals surface area contributed by atoms with Crippen LogP contribution in [0, 0.1) is 0 Å². The van der Waals surface area contributed by atoms with Crippen molar-refractivity contribution < 1.29 is 9.26 Å². The van der Waals surface area contributed by atoms with E-state index in [9.17, 15) is 0 Å². The van der Waals surface area contributed by atoms with Crippen LogP contribution in [0.3, 0.4) is 0 Å². The summed E-state index contributed by atoms with van der Waals surface area (Å²) in [5.74, 6) is 2.24. The second kappa shape index (κ2) is 7.06. The highest BCUT2D eigenvalue weighted by molar-refractivity contribution is 5.05. The fraction of sp³-hybridized carbons (Fsp3) is 0.875. The molecular weight excluding hydrogens is 280 g/mol. The summed E-state index contributed by atoms with van der Waals surface area (Å²) in [6.45, 7) is 12.3. The third-order valence-corrected chi connectivity index (χ3v) is 4.83. The summed E-state index contributed by atoms with van der Waals surface area (Å²) in [5.41, 5.74) is 0.